The van der Waals surface area contributed by atoms with Gasteiger partial charge < -0.3 is 9.68 Å². The van der Waals surface area contributed by atoms with Crippen molar-refractivity contribution in [1.29, 1.82) is 0 Å². The Hall–Kier alpha value is -3.81. The molecule has 1 heterocycles. The number of carbonyl (C=O) groups is 1. The van der Waals surface area contributed by atoms with Crippen molar-refractivity contribution in [2.45, 2.75) is 0 Å². The molecule has 0 saturated carbocycles. The van der Waals surface area contributed by atoms with Crippen molar-refractivity contribution < 1.29 is 14.5 Å². The summed E-state index contributed by atoms with van der Waals surface area (Å²) >= 11 is 12.6. The number of amides is 2. The smallest absolute Gasteiger partial charge is 0.341 e. The van der Waals surface area contributed by atoms with Crippen LogP contribution >= 0.6 is 23.2 Å². The quantitative estimate of drug-likeness (QED) is 0.267. The first-order valence-corrected chi connectivity index (χ1v) is 10.2. The Morgan fingerprint density at radius 3 is 1.62 bits per heavy atom. The van der Waals surface area contributed by atoms with Crippen molar-refractivity contribution in [3.8, 4) is 22.9 Å². The Balaban J connectivity index is 1.58. The van der Waals surface area contributed by atoms with Gasteiger partial charge in [-0.15, -0.1) is 0 Å². The second-order valence-corrected chi connectivity index (χ2v) is 7.08. The third-order valence-electron chi connectivity index (χ3n) is 4.11. The van der Waals surface area contributed by atoms with Gasteiger partial charge in [0.1, 0.15) is 5.69 Å². The van der Waals surface area contributed by atoms with Crippen LogP contribution in [0, 0.1) is 0 Å². The van der Waals surface area contributed by atoms with E-state index in [1.807, 2.05) is 42.5 Å². The molecule has 0 unspecified atom stereocenters. The van der Waals surface area contributed by atoms with E-state index < -0.39 is 6.03 Å². The molecule has 2 amide bonds. The van der Waals surface area contributed by atoms with E-state index in [2.05, 4.69) is 15.3 Å². The van der Waals surface area contributed by atoms with Crippen molar-refractivity contribution in [1.82, 2.24) is 15.2 Å². The third-order valence-corrected chi connectivity index (χ3v) is 4.66. The van der Waals surface area contributed by atoms with Crippen LogP contribution in [0.5, 0.6) is 11.5 Å². The number of aromatic nitrogens is 2. The van der Waals surface area contributed by atoms with Crippen LogP contribution in [0.25, 0.3) is 11.4 Å². The molecule has 3 aromatic carbocycles. The average Bonchev–Trinajstić information content (AvgIpc) is 2.82. The Morgan fingerprint density at radius 2 is 1.16 bits per heavy atom. The molecular formula is C23H16Cl2N4O3. The van der Waals surface area contributed by atoms with E-state index in [0.29, 0.717) is 22.5 Å². The van der Waals surface area contributed by atoms with Gasteiger partial charge in [0.15, 0.2) is 27.6 Å². The van der Waals surface area contributed by atoms with Crippen LogP contribution in [-0.4, -0.2) is 21.2 Å². The molecule has 4 aromatic rings. The van der Waals surface area contributed by atoms with Gasteiger partial charge in [0.2, 0.25) is 0 Å². The van der Waals surface area contributed by atoms with Gasteiger partial charge in [-0.3, -0.25) is 5.32 Å². The number of nitrogens with one attached hydrogen (secondary N) is 1. The highest BCUT2D eigenvalue weighted by Crippen LogP contribution is 2.30. The number of urea groups is 1. The van der Waals surface area contributed by atoms with Crippen LogP contribution < -0.4 is 15.0 Å². The van der Waals surface area contributed by atoms with Crippen molar-refractivity contribution in [3.05, 3.63) is 101 Å². The van der Waals surface area contributed by atoms with E-state index >= 15 is 0 Å². The Labute approximate surface area is 194 Å². The lowest BCUT2D eigenvalue weighted by molar-refractivity contribution is -0.204. The lowest BCUT2D eigenvalue weighted by Gasteiger charge is -2.22. The summed E-state index contributed by atoms with van der Waals surface area (Å²) in [7, 11) is 0. The third kappa shape index (κ3) is 5.26. The number of rotatable bonds is 6. The highest BCUT2D eigenvalue weighted by molar-refractivity contribution is 6.38. The maximum Gasteiger partial charge on any atom is 0.393 e. The number of hydroxylamine groups is 2. The van der Waals surface area contributed by atoms with E-state index in [4.69, 9.17) is 32.9 Å². The van der Waals surface area contributed by atoms with Crippen LogP contribution in [0.2, 0.25) is 10.3 Å². The lowest BCUT2D eigenvalue weighted by Crippen LogP contribution is -2.40. The zero-order valence-corrected chi connectivity index (χ0v) is 18.0. The summed E-state index contributed by atoms with van der Waals surface area (Å²) in [5, 5.41) is 3.17. The first-order valence-electron chi connectivity index (χ1n) is 9.46. The molecule has 0 atom stereocenters. The fourth-order valence-corrected chi connectivity index (χ4v) is 3.12. The predicted molar refractivity (Wildman–Crippen MR) is 122 cm³/mol. The maximum atomic E-state index is 13.0. The Morgan fingerprint density at radius 1 is 0.719 bits per heavy atom. The molecule has 7 nitrogen and oxygen atoms in total. The number of anilines is 1. The number of para-hydroxylation sites is 2. The van der Waals surface area contributed by atoms with Crippen molar-refractivity contribution >= 4 is 34.9 Å². The summed E-state index contributed by atoms with van der Waals surface area (Å²) in [5.41, 5.74) is 0.756. The maximum absolute atomic E-state index is 13.0. The summed E-state index contributed by atoms with van der Waals surface area (Å²) in [6.45, 7) is 0. The summed E-state index contributed by atoms with van der Waals surface area (Å²) in [5.74, 6) is 1.09. The molecule has 0 spiro atoms. The minimum Gasteiger partial charge on any atom is -0.341 e. The molecule has 9 heteroatoms. The molecule has 1 N–H and O–H groups in total. The fourth-order valence-electron chi connectivity index (χ4n) is 2.64. The number of hydrogen-bond donors (Lipinski definition) is 1. The van der Waals surface area contributed by atoms with Crippen molar-refractivity contribution in [2.24, 2.45) is 0 Å². The molecular weight excluding hydrogens is 451 g/mol. The molecule has 0 aliphatic carbocycles. The van der Waals surface area contributed by atoms with Gasteiger partial charge in [-0.1, -0.05) is 89.9 Å². The normalized spacial score (nSPS) is 10.3. The molecule has 0 radical (unpaired) electrons. The minimum absolute atomic E-state index is 0.0244. The van der Waals surface area contributed by atoms with Gasteiger partial charge in [-0.2, -0.15) is 0 Å². The minimum atomic E-state index is -0.794. The lowest BCUT2D eigenvalue weighted by atomic mass is 10.2. The monoisotopic (exact) mass is 466 g/mol. The topological polar surface area (TPSA) is 76.6 Å². The molecule has 0 bridgehead atoms. The van der Waals surface area contributed by atoms with E-state index in [9.17, 15) is 4.79 Å². The highest BCUT2D eigenvalue weighted by Gasteiger charge is 2.23. The molecule has 0 aliphatic rings. The van der Waals surface area contributed by atoms with Crippen LogP contribution in [0.15, 0.2) is 91.0 Å². The zero-order valence-electron chi connectivity index (χ0n) is 16.5. The summed E-state index contributed by atoms with van der Waals surface area (Å²) in [6.07, 6.45) is 0. The first kappa shape index (κ1) is 21.4. The van der Waals surface area contributed by atoms with E-state index in [-0.39, 0.29) is 16.0 Å². The first-order chi connectivity index (χ1) is 15.6. The van der Waals surface area contributed by atoms with Gasteiger partial charge in [0.05, 0.1) is 0 Å². The summed E-state index contributed by atoms with van der Waals surface area (Å²) < 4.78 is 0. The average molecular weight is 467 g/mol. The molecule has 0 saturated heterocycles. The number of halogens is 2. The molecule has 4 rings (SSSR count). The molecule has 32 heavy (non-hydrogen) atoms. The molecule has 0 aliphatic heterocycles. The molecule has 1 aromatic heterocycles. The van der Waals surface area contributed by atoms with Crippen LogP contribution in [0.3, 0.4) is 0 Å². The SMILES string of the molecule is O=C(Nc1c(Cl)nc(-c2ccccc2)nc1Cl)N(Oc1ccccc1)Oc1ccccc1. The van der Waals surface area contributed by atoms with Gasteiger partial charge in [-0.05, 0) is 24.3 Å². The number of carbonyl (C=O) groups excluding carboxylic acids is 1. The standard InChI is InChI=1S/C23H16Cl2N4O3/c24-20-19(21(25)28-22(27-20)16-10-4-1-5-11-16)26-23(30)29(31-17-12-6-2-7-13-17)32-18-14-8-3-9-15-18/h1-15H,(H,26,30). The largest absolute Gasteiger partial charge is 0.393 e. The molecule has 160 valence electrons. The Kier molecular flexibility index (Phi) is 6.69. The van der Waals surface area contributed by atoms with Crippen molar-refractivity contribution in [2.75, 3.05) is 5.32 Å². The van der Waals surface area contributed by atoms with Gasteiger partial charge in [0.25, 0.3) is 0 Å². The van der Waals surface area contributed by atoms with Gasteiger partial charge >= 0.3 is 6.03 Å². The van der Waals surface area contributed by atoms with E-state index in [1.54, 1.807) is 48.5 Å². The number of hydrogen-bond acceptors (Lipinski definition) is 5. The summed E-state index contributed by atoms with van der Waals surface area (Å²) in [4.78, 5) is 32.6. The van der Waals surface area contributed by atoms with E-state index in [0.717, 1.165) is 5.56 Å². The van der Waals surface area contributed by atoms with Crippen LogP contribution in [-0.2, 0) is 0 Å². The Bertz CT molecular complexity index is 1130. The fraction of sp³-hybridized carbons (Fsp3) is 0. The second kappa shape index (κ2) is 10.00. The van der Waals surface area contributed by atoms with E-state index in [1.165, 1.54) is 0 Å². The summed E-state index contributed by atoms with van der Waals surface area (Å²) in [6, 6.07) is 25.8. The van der Waals surface area contributed by atoms with Crippen molar-refractivity contribution in [3.63, 3.8) is 0 Å². The number of nitrogens with zero attached hydrogens (tertiary/aromatic N) is 3. The highest BCUT2D eigenvalue weighted by atomic mass is 35.5. The second-order valence-electron chi connectivity index (χ2n) is 6.37. The molecule has 0 fully saturated rings. The predicted octanol–water partition coefficient (Wildman–Crippen LogP) is 6.27. The van der Waals surface area contributed by atoms with Gasteiger partial charge in [0, 0.05) is 10.8 Å². The zero-order chi connectivity index (χ0) is 22.3. The van der Waals surface area contributed by atoms with Crippen LogP contribution in [0.4, 0.5) is 10.5 Å². The number of benzene rings is 3. The van der Waals surface area contributed by atoms with Gasteiger partial charge in [-0.25, -0.2) is 14.8 Å². The van der Waals surface area contributed by atoms with Crippen LogP contribution in [0.1, 0.15) is 0 Å².